The fourth-order valence-corrected chi connectivity index (χ4v) is 2.62. The number of ether oxygens (including phenoxy) is 1. The molecule has 3 aromatic rings. The van der Waals surface area contributed by atoms with Crippen molar-refractivity contribution in [2.45, 2.75) is 13.5 Å². The average Bonchev–Trinajstić information content (AvgIpc) is 3.16. The van der Waals surface area contributed by atoms with Gasteiger partial charge in [-0.25, -0.2) is 4.79 Å². The number of rotatable bonds is 6. The smallest absolute Gasteiger partial charge is 0.341 e. The van der Waals surface area contributed by atoms with Crippen molar-refractivity contribution in [1.29, 1.82) is 0 Å². The van der Waals surface area contributed by atoms with Gasteiger partial charge in [0.2, 0.25) is 5.78 Å². The maximum atomic E-state index is 12.7. The number of aryl methyl sites for hydroxylation is 1. The van der Waals surface area contributed by atoms with Gasteiger partial charge < -0.3 is 14.4 Å². The van der Waals surface area contributed by atoms with Crippen LogP contribution in [0.2, 0.25) is 0 Å². The van der Waals surface area contributed by atoms with Crippen molar-refractivity contribution < 1.29 is 19.4 Å². The van der Waals surface area contributed by atoms with Gasteiger partial charge in [0.05, 0.1) is 12.2 Å². The summed E-state index contributed by atoms with van der Waals surface area (Å²) < 4.78 is 6.91. The van der Waals surface area contributed by atoms with E-state index >= 15 is 0 Å². The fraction of sp³-hybridized carbons (Fsp3) is 0.130. The first-order chi connectivity index (χ1) is 13.5. The molecule has 28 heavy (non-hydrogen) atoms. The summed E-state index contributed by atoms with van der Waals surface area (Å²) in [5.74, 6) is 5.51. The fourth-order valence-electron chi connectivity index (χ4n) is 2.62. The number of nitrogens with zero attached hydrogens (tertiary/aromatic N) is 1. The molecule has 0 bridgehead atoms. The Hall–Kier alpha value is -3.78. The second-order valence-corrected chi connectivity index (χ2v) is 6.23. The van der Waals surface area contributed by atoms with Gasteiger partial charge in [-0.05, 0) is 43.3 Å². The lowest BCUT2D eigenvalue weighted by Gasteiger charge is -2.05. The van der Waals surface area contributed by atoms with Gasteiger partial charge in [-0.15, -0.1) is 0 Å². The number of aliphatic carboxylic acids is 1. The van der Waals surface area contributed by atoms with E-state index in [9.17, 15) is 9.59 Å². The average molecular weight is 373 g/mol. The molecule has 5 nitrogen and oxygen atoms in total. The van der Waals surface area contributed by atoms with E-state index in [2.05, 4.69) is 11.8 Å². The van der Waals surface area contributed by atoms with Gasteiger partial charge in [-0.1, -0.05) is 41.7 Å². The summed E-state index contributed by atoms with van der Waals surface area (Å²) in [5.41, 5.74) is 3.13. The molecular weight excluding hydrogens is 354 g/mol. The van der Waals surface area contributed by atoms with E-state index in [0.717, 1.165) is 11.1 Å². The van der Waals surface area contributed by atoms with E-state index in [1.54, 1.807) is 30.3 Å². The third kappa shape index (κ3) is 4.89. The summed E-state index contributed by atoms with van der Waals surface area (Å²) in [6.07, 6.45) is 1.83. The van der Waals surface area contributed by atoms with Crippen LogP contribution in [0.4, 0.5) is 0 Å². The Balaban J connectivity index is 1.66. The molecule has 0 aliphatic carbocycles. The highest BCUT2D eigenvalue weighted by atomic mass is 16.5. The second kappa shape index (κ2) is 8.74. The van der Waals surface area contributed by atoms with E-state index in [0.29, 0.717) is 23.6 Å². The van der Waals surface area contributed by atoms with Gasteiger partial charge >= 0.3 is 5.97 Å². The highest BCUT2D eigenvalue weighted by Crippen LogP contribution is 2.13. The standard InChI is InChI=1S/C23H19NO4/c1-17-6-10-19(11-7-17)23(27)21-5-3-15-24(21)14-2-4-18-8-12-20(13-9-18)28-16-22(25)26/h3,5-13,15H,14,16H2,1H3,(H,25,26). The molecular formula is C23H19NO4. The molecule has 0 amide bonds. The minimum absolute atomic E-state index is 0.0354. The van der Waals surface area contributed by atoms with Crippen LogP contribution in [0.25, 0.3) is 0 Å². The van der Waals surface area contributed by atoms with Crippen molar-refractivity contribution in [3.63, 3.8) is 0 Å². The van der Waals surface area contributed by atoms with E-state index in [-0.39, 0.29) is 12.4 Å². The van der Waals surface area contributed by atoms with Crippen molar-refractivity contribution in [1.82, 2.24) is 4.57 Å². The van der Waals surface area contributed by atoms with Crippen LogP contribution in [0, 0.1) is 18.8 Å². The topological polar surface area (TPSA) is 68.5 Å². The summed E-state index contributed by atoms with van der Waals surface area (Å²) in [6.45, 7) is 1.99. The Bertz CT molecular complexity index is 1030. The van der Waals surface area contributed by atoms with Crippen molar-refractivity contribution in [3.8, 4) is 17.6 Å². The first-order valence-electron chi connectivity index (χ1n) is 8.73. The Morgan fingerprint density at radius 2 is 1.75 bits per heavy atom. The highest BCUT2D eigenvalue weighted by Gasteiger charge is 2.12. The Morgan fingerprint density at radius 3 is 2.43 bits per heavy atom. The molecule has 0 radical (unpaired) electrons. The molecule has 1 aromatic heterocycles. The molecule has 0 fully saturated rings. The van der Waals surface area contributed by atoms with Gasteiger partial charge in [0.25, 0.3) is 0 Å². The minimum atomic E-state index is -1.02. The predicted octanol–water partition coefficient (Wildman–Crippen LogP) is 3.54. The molecule has 0 aliphatic rings. The lowest BCUT2D eigenvalue weighted by molar-refractivity contribution is -0.139. The molecule has 0 saturated heterocycles. The quantitative estimate of drug-likeness (QED) is 0.530. The zero-order chi connectivity index (χ0) is 19.9. The van der Waals surface area contributed by atoms with Gasteiger partial charge in [-0.3, -0.25) is 4.79 Å². The maximum Gasteiger partial charge on any atom is 0.341 e. The van der Waals surface area contributed by atoms with Gasteiger partial charge in [-0.2, -0.15) is 0 Å². The number of carboxylic acids is 1. The number of benzene rings is 2. The summed E-state index contributed by atoms with van der Waals surface area (Å²) in [5, 5.41) is 8.61. The Kier molecular flexibility index (Phi) is 5.93. The first kappa shape index (κ1) is 19.0. The molecule has 140 valence electrons. The third-order valence-corrected chi connectivity index (χ3v) is 4.07. The summed E-state index contributed by atoms with van der Waals surface area (Å²) in [6, 6.07) is 18.0. The van der Waals surface area contributed by atoms with Crippen molar-refractivity contribution >= 4 is 11.8 Å². The molecule has 2 aromatic carbocycles. The molecule has 0 aliphatic heterocycles. The van der Waals surface area contributed by atoms with Crippen molar-refractivity contribution in [2.24, 2.45) is 0 Å². The van der Waals surface area contributed by atoms with Crippen LogP contribution >= 0.6 is 0 Å². The molecule has 1 N–H and O–H groups in total. The van der Waals surface area contributed by atoms with Gasteiger partial charge in [0.1, 0.15) is 5.75 Å². The normalized spacial score (nSPS) is 10.0. The highest BCUT2D eigenvalue weighted by molar-refractivity contribution is 6.08. The maximum absolute atomic E-state index is 12.7. The van der Waals surface area contributed by atoms with Crippen molar-refractivity contribution in [3.05, 3.63) is 89.2 Å². The van der Waals surface area contributed by atoms with Crippen LogP contribution in [0.5, 0.6) is 5.75 Å². The summed E-state index contributed by atoms with van der Waals surface area (Å²) in [7, 11) is 0. The van der Waals surface area contributed by atoms with E-state index in [1.165, 1.54) is 0 Å². The molecule has 0 unspecified atom stereocenters. The molecule has 0 atom stereocenters. The van der Waals surface area contributed by atoms with Crippen LogP contribution in [0.15, 0.2) is 66.9 Å². The monoisotopic (exact) mass is 373 g/mol. The second-order valence-electron chi connectivity index (χ2n) is 6.23. The lowest BCUT2D eigenvalue weighted by atomic mass is 10.1. The van der Waals surface area contributed by atoms with Gasteiger partial charge in [0, 0.05) is 17.3 Å². The zero-order valence-electron chi connectivity index (χ0n) is 15.4. The summed E-state index contributed by atoms with van der Waals surface area (Å²) in [4.78, 5) is 23.2. The van der Waals surface area contributed by atoms with Crippen LogP contribution in [-0.2, 0) is 11.3 Å². The third-order valence-electron chi connectivity index (χ3n) is 4.07. The van der Waals surface area contributed by atoms with E-state index < -0.39 is 5.97 Å². The number of carbonyl (C=O) groups excluding carboxylic acids is 1. The number of hydrogen-bond acceptors (Lipinski definition) is 3. The molecule has 0 saturated carbocycles. The van der Waals surface area contributed by atoms with Crippen LogP contribution < -0.4 is 4.74 Å². The molecule has 1 heterocycles. The van der Waals surface area contributed by atoms with Gasteiger partial charge in [0.15, 0.2) is 6.61 Å². The van der Waals surface area contributed by atoms with Crippen LogP contribution in [-0.4, -0.2) is 28.0 Å². The number of carboxylic acid groups (broad SMARTS) is 1. The first-order valence-corrected chi connectivity index (χ1v) is 8.73. The van der Waals surface area contributed by atoms with E-state index in [1.807, 2.05) is 48.0 Å². The Morgan fingerprint density at radius 1 is 1.04 bits per heavy atom. The SMILES string of the molecule is Cc1ccc(C(=O)c2cccn2CC#Cc2ccc(OCC(=O)O)cc2)cc1. The zero-order valence-corrected chi connectivity index (χ0v) is 15.4. The number of aromatic nitrogens is 1. The van der Waals surface area contributed by atoms with E-state index in [4.69, 9.17) is 9.84 Å². The molecule has 3 rings (SSSR count). The lowest BCUT2D eigenvalue weighted by Crippen LogP contribution is -2.09. The molecule has 5 heteroatoms. The van der Waals surface area contributed by atoms with Crippen LogP contribution in [0.3, 0.4) is 0 Å². The number of hydrogen-bond donors (Lipinski definition) is 1. The predicted molar refractivity (Wildman–Crippen MR) is 105 cm³/mol. The molecule has 0 spiro atoms. The largest absolute Gasteiger partial charge is 0.482 e. The van der Waals surface area contributed by atoms with Crippen molar-refractivity contribution in [2.75, 3.05) is 6.61 Å². The number of carbonyl (C=O) groups is 2. The Labute approximate surface area is 163 Å². The van der Waals surface area contributed by atoms with Crippen LogP contribution in [0.1, 0.15) is 27.2 Å². The summed E-state index contributed by atoms with van der Waals surface area (Å²) >= 11 is 0. The minimum Gasteiger partial charge on any atom is -0.482 e. The number of ketones is 1.